The Morgan fingerprint density at radius 3 is 2.47 bits per heavy atom. The van der Waals surface area contributed by atoms with Gasteiger partial charge < -0.3 is 4.57 Å². The molecule has 10 heteroatoms. The second kappa shape index (κ2) is 9.88. The van der Waals surface area contributed by atoms with Crippen molar-refractivity contribution in [3.05, 3.63) is 104 Å². The van der Waals surface area contributed by atoms with E-state index in [2.05, 4.69) is 5.32 Å². The van der Waals surface area contributed by atoms with Crippen molar-refractivity contribution in [1.82, 2.24) is 9.88 Å². The lowest BCUT2D eigenvalue weighted by Crippen LogP contribution is -2.54. The molecule has 180 valence electrons. The molecule has 5 nitrogen and oxygen atoms in total. The van der Waals surface area contributed by atoms with Crippen LogP contribution in [0.4, 0.5) is 5.69 Å². The van der Waals surface area contributed by atoms with Crippen LogP contribution in [-0.4, -0.2) is 21.5 Å². The van der Waals surface area contributed by atoms with E-state index in [1.165, 1.54) is 4.90 Å². The quantitative estimate of drug-likeness (QED) is 0.160. The van der Waals surface area contributed by atoms with E-state index in [4.69, 9.17) is 58.6 Å². The molecular weight excluding hydrogens is 560 g/mol. The van der Waals surface area contributed by atoms with Crippen molar-refractivity contribution in [1.29, 1.82) is 0 Å². The number of aromatic nitrogens is 1. The van der Waals surface area contributed by atoms with Gasteiger partial charge in [-0.15, -0.1) is 0 Å². The maximum absolute atomic E-state index is 13.5. The fraction of sp³-hybridized carbons (Fsp3) is 0.0385. The van der Waals surface area contributed by atoms with Gasteiger partial charge in [-0.2, -0.15) is 0 Å². The van der Waals surface area contributed by atoms with Gasteiger partial charge >= 0.3 is 0 Å². The Hall–Kier alpha value is -2.87. The first-order valence-corrected chi connectivity index (χ1v) is 12.5. The molecule has 0 saturated carbocycles. The van der Waals surface area contributed by atoms with Crippen molar-refractivity contribution in [2.75, 3.05) is 4.90 Å². The predicted molar refractivity (Wildman–Crippen MR) is 150 cm³/mol. The zero-order valence-corrected chi connectivity index (χ0v) is 22.1. The summed E-state index contributed by atoms with van der Waals surface area (Å²) >= 11 is 30.2. The second-order valence-corrected chi connectivity index (χ2v) is 10.0. The molecule has 0 unspecified atom stereocenters. The molecule has 4 aromatic rings. The highest BCUT2D eigenvalue weighted by atomic mass is 35.5. The van der Waals surface area contributed by atoms with Gasteiger partial charge in [0.25, 0.3) is 11.8 Å². The first kappa shape index (κ1) is 24.8. The fourth-order valence-corrected chi connectivity index (χ4v) is 5.17. The Labute approximate surface area is 231 Å². The molecule has 0 radical (unpaired) electrons. The van der Waals surface area contributed by atoms with E-state index in [1.807, 2.05) is 41.1 Å². The third-order valence-electron chi connectivity index (χ3n) is 5.75. The standard InChI is InChI=1S/C26H15Cl4N3O2S/c27-16-9-8-14(20(29)11-16)12-32-13-15(17-4-1-2-6-21(17)32)10-18-24(34)31-26(36)33(25(18)35)22-7-3-5-19(28)23(22)30/h1-11,13H,12H2,(H,31,34,36)/b18-10+. The molecular formula is C26H15Cl4N3O2S. The van der Waals surface area contributed by atoms with Crippen LogP contribution in [0.3, 0.4) is 0 Å². The van der Waals surface area contributed by atoms with Crippen LogP contribution in [0.25, 0.3) is 17.0 Å². The molecule has 0 aliphatic carbocycles. The second-order valence-electron chi connectivity index (χ2n) is 8.00. The molecule has 5 rings (SSSR count). The van der Waals surface area contributed by atoms with Gasteiger partial charge in [0.1, 0.15) is 5.57 Å². The van der Waals surface area contributed by atoms with Crippen LogP contribution < -0.4 is 10.2 Å². The number of fused-ring (bicyclic) bond motifs is 1. The number of carbonyl (C=O) groups is 2. The molecule has 2 heterocycles. The molecule has 0 spiro atoms. The molecule has 1 saturated heterocycles. The summed E-state index contributed by atoms with van der Waals surface area (Å²) < 4.78 is 2.00. The highest BCUT2D eigenvalue weighted by molar-refractivity contribution is 7.80. The van der Waals surface area contributed by atoms with Crippen molar-refractivity contribution in [3.63, 3.8) is 0 Å². The normalized spacial score (nSPS) is 15.2. The molecule has 0 bridgehead atoms. The Bertz CT molecular complexity index is 1610. The van der Waals surface area contributed by atoms with Crippen molar-refractivity contribution >= 4 is 98.2 Å². The van der Waals surface area contributed by atoms with Crippen molar-refractivity contribution in [2.45, 2.75) is 6.54 Å². The number of anilines is 1. The SMILES string of the molecule is O=C1NC(=S)N(c2cccc(Cl)c2Cl)C(=O)/C1=C/c1cn(Cc2ccc(Cl)cc2Cl)c2ccccc12. The number of carbonyl (C=O) groups excluding carboxylic acids is 2. The number of hydrogen-bond donors (Lipinski definition) is 1. The molecule has 1 aliphatic rings. The molecule has 36 heavy (non-hydrogen) atoms. The van der Waals surface area contributed by atoms with Crippen LogP contribution in [0.15, 0.2) is 72.4 Å². The molecule has 2 amide bonds. The number of nitrogens with zero attached hydrogens (tertiary/aromatic N) is 2. The van der Waals surface area contributed by atoms with Crippen LogP contribution >= 0.6 is 58.6 Å². The third kappa shape index (κ3) is 4.51. The summed E-state index contributed by atoms with van der Waals surface area (Å²) in [5.41, 5.74) is 2.65. The average Bonchev–Trinajstić information content (AvgIpc) is 3.18. The zero-order chi connectivity index (χ0) is 25.6. The summed E-state index contributed by atoms with van der Waals surface area (Å²) in [6, 6.07) is 17.9. The number of para-hydroxylation sites is 1. The van der Waals surface area contributed by atoms with Crippen LogP contribution in [-0.2, 0) is 16.1 Å². The summed E-state index contributed by atoms with van der Waals surface area (Å²) in [6.07, 6.45) is 3.42. The van der Waals surface area contributed by atoms with Crippen LogP contribution in [0, 0.1) is 0 Å². The maximum Gasteiger partial charge on any atom is 0.270 e. The van der Waals surface area contributed by atoms with Gasteiger partial charge in [-0.25, -0.2) is 0 Å². The number of nitrogens with one attached hydrogen (secondary N) is 1. The van der Waals surface area contributed by atoms with Crippen molar-refractivity contribution in [2.24, 2.45) is 0 Å². The lowest BCUT2D eigenvalue weighted by molar-refractivity contribution is -0.122. The van der Waals surface area contributed by atoms with E-state index < -0.39 is 11.8 Å². The van der Waals surface area contributed by atoms with Gasteiger partial charge in [0, 0.05) is 39.3 Å². The Morgan fingerprint density at radius 2 is 1.69 bits per heavy atom. The van der Waals surface area contributed by atoms with Gasteiger partial charge in [-0.3, -0.25) is 19.8 Å². The summed E-state index contributed by atoms with van der Waals surface area (Å²) in [4.78, 5) is 27.5. The zero-order valence-electron chi connectivity index (χ0n) is 18.3. The van der Waals surface area contributed by atoms with E-state index in [0.717, 1.165) is 16.5 Å². The molecule has 0 atom stereocenters. The Kier molecular flexibility index (Phi) is 6.81. The number of halogens is 4. The number of benzene rings is 3. The van der Waals surface area contributed by atoms with Gasteiger partial charge in [0.15, 0.2) is 5.11 Å². The summed E-state index contributed by atoms with van der Waals surface area (Å²) in [5, 5.41) is 4.87. The molecule has 1 fully saturated rings. The van der Waals surface area contributed by atoms with E-state index in [9.17, 15) is 9.59 Å². The minimum atomic E-state index is -0.606. The minimum Gasteiger partial charge on any atom is -0.342 e. The maximum atomic E-state index is 13.5. The molecule has 1 aliphatic heterocycles. The summed E-state index contributed by atoms with van der Waals surface area (Å²) in [7, 11) is 0. The van der Waals surface area contributed by atoms with Crippen molar-refractivity contribution in [3.8, 4) is 0 Å². The first-order valence-electron chi connectivity index (χ1n) is 10.6. The van der Waals surface area contributed by atoms with Crippen LogP contribution in [0.5, 0.6) is 0 Å². The lowest BCUT2D eigenvalue weighted by Gasteiger charge is -2.29. The lowest BCUT2D eigenvalue weighted by atomic mass is 10.1. The van der Waals surface area contributed by atoms with Crippen molar-refractivity contribution < 1.29 is 9.59 Å². The Balaban J connectivity index is 1.59. The highest BCUT2D eigenvalue weighted by Gasteiger charge is 2.36. The van der Waals surface area contributed by atoms with E-state index in [1.54, 1.807) is 36.4 Å². The first-order chi connectivity index (χ1) is 17.2. The van der Waals surface area contributed by atoms with Gasteiger partial charge in [0.2, 0.25) is 0 Å². The molecule has 3 aromatic carbocycles. The van der Waals surface area contributed by atoms with E-state index in [0.29, 0.717) is 22.2 Å². The summed E-state index contributed by atoms with van der Waals surface area (Å²) in [6.45, 7) is 0.466. The number of rotatable bonds is 4. The summed E-state index contributed by atoms with van der Waals surface area (Å²) in [5.74, 6) is -1.21. The van der Waals surface area contributed by atoms with E-state index >= 15 is 0 Å². The average molecular weight is 575 g/mol. The largest absolute Gasteiger partial charge is 0.342 e. The molecule has 1 N–H and O–H groups in total. The highest BCUT2D eigenvalue weighted by Crippen LogP contribution is 2.35. The van der Waals surface area contributed by atoms with Gasteiger partial charge in [-0.05, 0) is 54.2 Å². The third-order valence-corrected chi connectivity index (χ3v) is 7.43. The molecule has 1 aromatic heterocycles. The number of hydrogen-bond acceptors (Lipinski definition) is 3. The minimum absolute atomic E-state index is 0.0777. The smallest absolute Gasteiger partial charge is 0.270 e. The fourth-order valence-electron chi connectivity index (χ4n) is 4.05. The predicted octanol–water partition coefficient (Wildman–Crippen LogP) is 7.13. The van der Waals surface area contributed by atoms with E-state index in [-0.39, 0.29) is 26.4 Å². The number of thiocarbonyl (C=S) groups is 1. The Morgan fingerprint density at radius 1 is 0.917 bits per heavy atom. The van der Waals surface area contributed by atoms with Gasteiger partial charge in [-0.1, -0.05) is 76.7 Å². The van der Waals surface area contributed by atoms with Crippen LogP contribution in [0.1, 0.15) is 11.1 Å². The van der Waals surface area contributed by atoms with Gasteiger partial charge in [0.05, 0.1) is 15.7 Å². The number of amides is 2. The van der Waals surface area contributed by atoms with Crippen LogP contribution in [0.2, 0.25) is 20.1 Å². The monoisotopic (exact) mass is 573 g/mol. The topological polar surface area (TPSA) is 54.3 Å².